The van der Waals surface area contributed by atoms with Gasteiger partial charge in [-0.25, -0.2) is 9.78 Å². The molecule has 6 heteroatoms. The first-order valence-electron chi connectivity index (χ1n) is 6.09. The van der Waals surface area contributed by atoms with Crippen LogP contribution < -0.4 is 5.73 Å². The van der Waals surface area contributed by atoms with Crippen molar-refractivity contribution in [1.82, 2.24) is 4.98 Å². The van der Waals surface area contributed by atoms with E-state index in [9.17, 15) is 4.79 Å². The van der Waals surface area contributed by atoms with Crippen molar-refractivity contribution >= 4 is 34.3 Å². The van der Waals surface area contributed by atoms with Crippen LogP contribution >= 0.6 is 22.7 Å². The van der Waals surface area contributed by atoms with Crippen LogP contribution in [0.5, 0.6) is 0 Å². The second kappa shape index (κ2) is 5.71. The van der Waals surface area contributed by atoms with Crippen LogP contribution in [0.1, 0.15) is 34.1 Å². The van der Waals surface area contributed by atoms with Crippen LogP contribution in [0, 0.1) is 6.92 Å². The number of nitrogens with two attached hydrogens (primary N) is 1. The topological polar surface area (TPSA) is 65.2 Å². The molecule has 2 N–H and O–H groups in total. The summed E-state index contributed by atoms with van der Waals surface area (Å²) < 4.78 is 5.04. The second-order valence-electron chi connectivity index (χ2n) is 3.97. The maximum atomic E-state index is 11.9. The number of thiophene rings is 1. The van der Waals surface area contributed by atoms with Crippen molar-refractivity contribution in [3.63, 3.8) is 0 Å². The molecular weight excluding hydrogens is 280 g/mol. The van der Waals surface area contributed by atoms with Crippen LogP contribution in [-0.4, -0.2) is 17.6 Å². The van der Waals surface area contributed by atoms with E-state index < -0.39 is 0 Å². The molecule has 0 aliphatic rings. The summed E-state index contributed by atoms with van der Waals surface area (Å²) in [7, 11) is 0. The van der Waals surface area contributed by atoms with Crippen LogP contribution in [0.4, 0.5) is 5.69 Å². The van der Waals surface area contributed by atoms with Gasteiger partial charge in [-0.2, -0.15) is 0 Å². The van der Waals surface area contributed by atoms with E-state index in [2.05, 4.69) is 4.98 Å². The zero-order valence-corrected chi connectivity index (χ0v) is 12.8. The van der Waals surface area contributed by atoms with Gasteiger partial charge in [-0.3, -0.25) is 0 Å². The molecule has 0 amide bonds. The average Bonchev–Trinajstić information content (AvgIpc) is 2.93. The predicted molar refractivity (Wildman–Crippen MR) is 79.9 cm³/mol. The molecule has 0 spiro atoms. The third kappa shape index (κ3) is 2.64. The number of hydrogen-bond donors (Lipinski definition) is 1. The fraction of sp³-hybridized carbons (Fsp3) is 0.385. The molecule has 2 aromatic rings. The molecule has 0 aromatic carbocycles. The van der Waals surface area contributed by atoms with Gasteiger partial charge in [0.1, 0.15) is 4.88 Å². The highest BCUT2D eigenvalue weighted by Gasteiger charge is 2.22. The molecule has 0 saturated heterocycles. The minimum absolute atomic E-state index is 0.341. The Morgan fingerprint density at radius 1 is 1.42 bits per heavy atom. The van der Waals surface area contributed by atoms with Crippen molar-refractivity contribution in [3.05, 3.63) is 21.6 Å². The number of nitrogens with zero attached hydrogens (tertiary/aromatic N) is 1. The molecule has 2 heterocycles. The normalized spacial score (nSPS) is 10.7. The Bertz CT molecular complexity index is 602. The number of thiazole rings is 1. The van der Waals surface area contributed by atoms with Gasteiger partial charge >= 0.3 is 5.97 Å². The van der Waals surface area contributed by atoms with E-state index in [4.69, 9.17) is 10.5 Å². The molecule has 102 valence electrons. The zero-order valence-electron chi connectivity index (χ0n) is 11.1. The number of aromatic nitrogens is 1. The smallest absolute Gasteiger partial charge is 0.350 e. The third-order valence-electron chi connectivity index (χ3n) is 2.71. The number of rotatable bonds is 4. The summed E-state index contributed by atoms with van der Waals surface area (Å²) in [4.78, 5) is 18.7. The van der Waals surface area contributed by atoms with Crippen molar-refractivity contribution in [2.75, 3.05) is 12.3 Å². The molecule has 0 bridgehead atoms. The lowest BCUT2D eigenvalue weighted by Crippen LogP contribution is -2.05. The Labute approximate surface area is 120 Å². The van der Waals surface area contributed by atoms with Crippen LogP contribution in [0.15, 0.2) is 6.20 Å². The third-order valence-corrected chi connectivity index (χ3v) is 5.03. The number of ether oxygens (including phenoxy) is 1. The van der Waals surface area contributed by atoms with Gasteiger partial charge in [0.05, 0.1) is 27.1 Å². The summed E-state index contributed by atoms with van der Waals surface area (Å²) in [6.45, 7) is 6.14. The molecule has 0 atom stereocenters. The maximum Gasteiger partial charge on any atom is 0.350 e. The maximum absolute atomic E-state index is 11.9. The molecule has 0 aliphatic carbocycles. The number of carbonyl (C=O) groups excluding carboxylic acids is 1. The number of carbonyl (C=O) groups is 1. The molecular formula is C13H16N2O2S2. The molecule has 2 rings (SSSR count). The summed E-state index contributed by atoms with van der Waals surface area (Å²) in [5.74, 6) is -0.341. The Morgan fingerprint density at radius 3 is 2.68 bits per heavy atom. The molecule has 19 heavy (non-hydrogen) atoms. The number of anilines is 1. The van der Waals surface area contributed by atoms with Gasteiger partial charge in [-0.15, -0.1) is 22.7 Å². The van der Waals surface area contributed by atoms with E-state index in [1.54, 1.807) is 18.3 Å². The molecule has 4 nitrogen and oxygen atoms in total. The summed E-state index contributed by atoms with van der Waals surface area (Å²) in [6, 6.07) is 0. The summed E-state index contributed by atoms with van der Waals surface area (Å²) >= 11 is 3.01. The highest BCUT2D eigenvalue weighted by Crippen LogP contribution is 2.41. The van der Waals surface area contributed by atoms with Crippen LogP contribution in [0.3, 0.4) is 0 Å². The van der Waals surface area contributed by atoms with Gasteiger partial charge in [0, 0.05) is 6.20 Å². The summed E-state index contributed by atoms with van der Waals surface area (Å²) in [6.07, 6.45) is 2.62. The Kier molecular flexibility index (Phi) is 4.21. The molecule has 0 radical (unpaired) electrons. The van der Waals surface area contributed by atoms with Gasteiger partial charge in [0.15, 0.2) is 0 Å². The second-order valence-corrected chi connectivity index (χ2v) is 6.23. The Hall–Kier alpha value is -1.40. The zero-order chi connectivity index (χ0) is 14.0. The number of nitrogen functional groups attached to an aromatic ring is 1. The monoisotopic (exact) mass is 296 g/mol. The Morgan fingerprint density at radius 2 is 2.16 bits per heavy atom. The van der Waals surface area contributed by atoms with E-state index in [0.717, 1.165) is 26.7 Å². The molecule has 2 aromatic heterocycles. The van der Waals surface area contributed by atoms with Gasteiger partial charge in [0.2, 0.25) is 0 Å². The molecule has 0 unspecified atom stereocenters. The van der Waals surface area contributed by atoms with Crippen LogP contribution in [0.2, 0.25) is 0 Å². The minimum Gasteiger partial charge on any atom is -0.462 e. The number of hydrogen-bond acceptors (Lipinski definition) is 6. The van der Waals surface area contributed by atoms with Crippen molar-refractivity contribution < 1.29 is 9.53 Å². The van der Waals surface area contributed by atoms with Crippen LogP contribution in [-0.2, 0) is 11.2 Å². The lowest BCUT2D eigenvalue weighted by Gasteiger charge is -2.00. The van der Waals surface area contributed by atoms with Gasteiger partial charge < -0.3 is 10.5 Å². The molecule has 0 aliphatic heterocycles. The van der Waals surface area contributed by atoms with E-state index in [1.807, 2.05) is 20.0 Å². The fourth-order valence-corrected chi connectivity index (χ4v) is 3.95. The summed E-state index contributed by atoms with van der Waals surface area (Å²) in [5.41, 5.74) is 7.64. The largest absolute Gasteiger partial charge is 0.462 e. The molecule has 0 fully saturated rings. The SMILES string of the molecule is CCOC(=O)c1sc(-c2cnc(C)s2)c(CC)c1N. The predicted octanol–water partition coefficient (Wildman–Crippen LogP) is 3.50. The number of aryl methyl sites for hydroxylation is 1. The van der Waals surface area contributed by atoms with E-state index >= 15 is 0 Å². The fourth-order valence-electron chi connectivity index (χ4n) is 1.84. The van der Waals surface area contributed by atoms with Crippen molar-refractivity contribution in [2.45, 2.75) is 27.2 Å². The first kappa shape index (κ1) is 14.0. The van der Waals surface area contributed by atoms with Crippen LogP contribution in [0.25, 0.3) is 9.75 Å². The van der Waals surface area contributed by atoms with E-state index in [1.165, 1.54) is 11.3 Å². The van der Waals surface area contributed by atoms with Gasteiger partial charge in [-0.05, 0) is 25.8 Å². The molecule has 0 saturated carbocycles. The first-order valence-corrected chi connectivity index (χ1v) is 7.72. The van der Waals surface area contributed by atoms with Crippen molar-refractivity contribution in [2.24, 2.45) is 0 Å². The van der Waals surface area contributed by atoms with E-state index in [-0.39, 0.29) is 5.97 Å². The number of esters is 1. The summed E-state index contributed by atoms with van der Waals surface area (Å²) in [5, 5.41) is 1.00. The van der Waals surface area contributed by atoms with E-state index in [0.29, 0.717) is 17.2 Å². The quantitative estimate of drug-likeness (QED) is 0.877. The average molecular weight is 296 g/mol. The standard InChI is InChI=1S/C13H16N2O2S2/c1-4-8-10(14)12(13(16)17-5-2)19-11(8)9-6-15-7(3)18-9/h6H,4-5,14H2,1-3H3. The van der Waals surface area contributed by atoms with Gasteiger partial charge in [-0.1, -0.05) is 6.92 Å². The first-order chi connectivity index (χ1) is 9.08. The van der Waals surface area contributed by atoms with Crippen molar-refractivity contribution in [1.29, 1.82) is 0 Å². The van der Waals surface area contributed by atoms with Crippen molar-refractivity contribution in [3.8, 4) is 9.75 Å². The Balaban J connectivity index is 2.50. The lowest BCUT2D eigenvalue weighted by atomic mass is 10.1. The van der Waals surface area contributed by atoms with Gasteiger partial charge in [0.25, 0.3) is 0 Å². The highest BCUT2D eigenvalue weighted by atomic mass is 32.1. The lowest BCUT2D eigenvalue weighted by molar-refractivity contribution is 0.0533. The highest BCUT2D eigenvalue weighted by molar-refractivity contribution is 7.23. The minimum atomic E-state index is -0.341.